The molecule has 1 heteroatoms. The first-order valence-corrected chi connectivity index (χ1v) is 7.80. The van der Waals surface area contributed by atoms with Crippen molar-refractivity contribution in [3.63, 3.8) is 0 Å². The fourth-order valence-corrected chi connectivity index (χ4v) is 3.90. The normalized spacial score (nSPS) is 29.7. The van der Waals surface area contributed by atoms with E-state index in [1.807, 2.05) is 0 Å². The summed E-state index contributed by atoms with van der Waals surface area (Å²) in [5.74, 6) is 2.51. The predicted molar refractivity (Wildman–Crippen MR) is 82.4 cm³/mol. The molecule has 0 spiro atoms. The molecule has 1 N–H and O–H groups in total. The monoisotopic (exact) mass is 255 g/mol. The number of para-hydroxylation sites is 1. The summed E-state index contributed by atoms with van der Waals surface area (Å²) in [5, 5.41) is 3.79. The molecule has 2 aliphatic rings. The Bertz CT molecular complexity index is 463. The highest BCUT2D eigenvalue weighted by atomic mass is 14.9. The molecule has 0 aliphatic heterocycles. The van der Waals surface area contributed by atoms with Crippen LogP contribution in [0.4, 0.5) is 5.69 Å². The highest BCUT2D eigenvalue weighted by Gasteiger charge is 2.38. The summed E-state index contributed by atoms with van der Waals surface area (Å²) in [7, 11) is 0. The van der Waals surface area contributed by atoms with E-state index in [0.717, 1.165) is 17.8 Å². The summed E-state index contributed by atoms with van der Waals surface area (Å²) in [6.07, 6.45) is 10.0. The highest BCUT2D eigenvalue weighted by molar-refractivity contribution is 5.52. The van der Waals surface area contributed by atoms with Crippen molar-refractivity contribution in [2.75, 3.05) is 5.32 Å². The molecule has 0 aromatic heterocycles. The molecule has 1 saturated carbocycles. The summed E-state index contributed by atoms with van der Waals surface area (Å²) < 4.78 is 0. The average Bonchev–Trinajstić information content (AvgIpc) is 3.03. The molecule has 1 fully saturated rings. The van der Waals surface area contributed by atoms with E-state index in [9.17, 15) is 0 Å². The van der Waals surface area contributed by atoms with Crippen LogP contribution in [0.25, 0.3) is 0 Å². The Morgan fingerprint density at radius 2 is 2.05 bits per heavy atom. The van der Waals surface area contributed by atoms with Crippen molar-refractivity contribution in [3.05, 3.63) is 42.0 Å². The fraction of sp³-hybridized carbons (Fsp3) is 0.556. The molecule has 0 radical (unpaired) electrons. The standard InChI is InChI=1S/C18H25N/c1-3-6-15-7-4-5-8-18(15)19-13(2)17-12-14-9-10-16(17)11-14/h4-5,7-10,13-14,16-17,19H,3,6,11-12H2,1-2H3. The molecule has 2 aliphatic carbocycles. The summed E-state index contributed by atoms with van der Waals surface area (Å²) in [6, 6.07) is 9.39. The molecule has 4 unspecified atom stereocenters. The van der Waals surface area contributed by atoms with Crippen LogP contribution in [-0.4, -0.2) is 6.04 Å². The van der Waals surface area contributed by atoms with E-state index in [4.69, 9.17) is 0 Å². The van der Waals surface area contributed by atoms with Gasteiger partial charge >= 0.3 is 0 Å². The lowest BCUT2D eigenvalue weighted by molar-refractivity contribution is 0.399. The molecule has 1 aromatic carbocycles. The minimum absolute atomic E-state index is 0.581. The van der Waals surface area contributed by atoms with E-state index >= 15 is 0 Å². The van der Waals surface area contributed by atoms with Crippen molar-refractivity contribution in [2.45, 2.75) is 45.6 Å². The van der Waals surface area contributed by atoms with Crippen molar-refractivity contribution in [3.8, 4) is 0 Å². The molecular weight excluding hydrogens is 230 g/mol. The van der Waals surface area contributed by atoms with Gasteiger partial charge in [0, 0.05) is 11.7 Å². The molecule has 1 aromatic rings. The Morgan fingerprint density at radius 3 is 2.74 bits per heavy atom. The van der Waals surface area contributed by atoms with Gasteiger partial charge in [-0.15, -0.1) is 0 Å². The molecule has 1 nitrogen and oxygen atoms in total. The number of anilines is 1. The SMILES string of the molecule is CCCc1ccccc1NC(C)C1CC2C=CC1C2. The summed E-state index contributed by atoms with van der Waals surface area (Å²) in [5.41, 5.74) is 2.82. The van der Waals surface area contributed by atoms with Crippen molar-refractivity contribution in [1.82, 2.24) is 0 Å². The molecule has 102 valence electrons. The van der Waals surface area contributed by atoms with Crippen molar-refractivity contribution < 1.29 is 0 Å². The zero-order valence-electron chi connectivity index (χ0n) is 12.1. The van der Waals surface area contributed by atoms with Crippen LogP contribution >= 0.6 is 0 Å². The van der Waals surface area contributed by atoms with Crippen molar-refractivity contribution >= 4 is 5.69 Å². The van der Waals surface area contributed by atoms with Gasteiger partial charge in [0.2, 0.25) is 0 Å². The zero-order valence-corrected chi connectivity index (χ0v) is 12.1. The van der Waals surface area contributed by atoms with Gasteiger partial charge in [-0.05, 0) is 55.6 Å². The van der Waals surface area contributed by atoms with Crippen LogP contribution in [0.15, 0.2) is 36.4 Å². The van der Waals surface area contributed by atoms with Crippen LogP contribution < -0.4 is 5.32 Å². The van der Waals surface area contributed by atoms with E-state index in [0.29, 0.717) is 6.04 Å². The van der Waals surface area contributed by atoms with Gasteiger partial charge in [0.1, 0.15) is 0 Å². The molecule has 3 rings (SSSR count). The van der Waals surface area contributed by atoms with Gasteiger partial charge in [0.25, 0.3) is 0 Å². The number of nitrogens with one attached hydrogen (secondary N) is 1. The molecule has 0 saturated heterocycles. The maximum Gasteiger partial charge on any atom is 0.0374 e. The predicted octanol–water partition coefficient (Wildman–Crippen LogP) is 4.65. The molecule has 2 bridgehead atoms. The number of aryl methyl sites for hydroxylation is 1. The number of rotatable bonds is 5. The number of hydrogen-bond acceptors (Lipinski definition) is 1. The quantitative estimate of drug-likeness (QED) is 0.755. The average molecular weight is 255 g/mol. The lowest BCUT2D eigenvalue weighted by atomic mass is 9.87. The van der Waals surface area contributed by atoms with Crippen molar-refractivity contribution in [1.29, 1.82) is 0 Å². The third-order valence-corrected chi connectivity index (χ3v) is 4.89. The second kappa shape index (κ2) is 5.40. The third-order valence-electron chi connectivity index (χ3n) is 4.89. The van der Waals surface area contributed by atoms with E-state index < -0.39 is 0 Å². The Hall–Kier alpha value is -1.24. The van der Waals surface area contributed by atoms with Crippen LogP contribution in [0.5, 0.6) is 0 Å². The van der Waals surface area contributed by atoms with Gasteiger partial charge < -0.3 is 5.32 Å². The van der Waals surface area contributed by atoms with Gasteiger partial charge in [0.05, 0.1) is 0 Å². The lowest BCUT2D eigenvalue weighted by Gasteiger charge is -2.28. The van der Waals surface area contributed by atoms with Gasteiger partial charge in [-0.3, -0.25) is 0 Å². The van der Waals surface area contributed by atoms with Crippen LogP contribution in [0.1, 0.15) is 38.7 Å². The lowest BCUT2D eigenvalue weighted by Crippen LogP contribution is -2.29. The maximum atomic E-state index is 3.79. The molecule has 4 atom stereocenters. The fourth-order valence-electron chi connectivity index (χ4n) is 3.90. The summed E-state index contributed by atoms with van der Waals surface area (Å²) in [4.78, 5) is 0. The Balaban J connectivity index is 1.69. The van der Waals surface area contributed by atoms with Gasteiger partial charge in [-0.25, -0.2) is 0 Å². The second-order valence-electron chi connectivity index (χ2n) is 6.28. The first-order chi connectivity index (χ1) is 9.28. The first-order valence-electron chi connectivity index (χ1n) is 7.80. The second-order valence-corrected chi connectivity index (χ2v) is 6.28. The molecule has 0 amide bonds. The van der Waals surface area contributed by atoms with Crippen LogP contribution in [0.3, 0.4) is 0 Å². The number of hydrogen-bond donors (Lipinski definition) is 1. The Kier molecular flexibility index (Phi) is 3.63. The Labute approximate surface area is 117 Å². The van der Waals surface area contributed by atoms with E-state index in [1.54, 1.807) is 0 Å². The van der Waals surface area contributed by atoms with E-state index in [2.05, 4.69) is 55.6 Å². The first kappa shape index (κ1) is 12.8. The molecular formula is C18H25N. The molecule has 19 heavy (non-hydrogen) atoms. The largest absolute Gasteiger partial charge is 0.382 e. The topological polar surface area (TPSA) is 12.0 Å². The zero-order chi connectivity index (χ0) is 13.2. The summed E-state index contributed by atoms with van der Waals surface area (Å²) >= 11 is 0. The van der Waals surface area contributed by atoms with Crippen LogP contribution in [0.2, 0.25) is 0 Å². The van der Waals surface area contributed by atoms with Gasteiger partial charge in [-0.1, -0.05) is 43.7 Å². The maximum absolute atomic E-state index is 3.79. The molecule has 0 heterocycles. The minimum Gasteiger partial charge on any atom is -0.382 e. The number of fused-ring (bicyclic) bond motifs is 2. The Morgan fingerprint density at radius 1 is 1.21 bits per heavy atom. The van der Waals surface area contributed by atoms with E-state index in [-0.39, 0.29) is 0 Å². The van der Waals surface area contributed by atoms with Crippen molar-refractivity contribution in [2.24, 2.45) is 17.8 Å². The van der Waals surface area contributed by atoms with Crippen LogP contribution in [-0.2, 0) is 6.42 Å². The van der Waals surface area contributed by atoms with E-state index in [1.165, 1.54) is 36.9 Å². The number of allylic oxidation sites excluding steroid dienone is 2. The minimum atomic E-state index is 0.581. The smallest absolute Gasteiger partial charge is 0.0374 e. The van der Waals surface area contributed by atoms with Gasteiger partial charge in [-0.2, -0.15) is 0 Å². The highest BCUT2D eigenvalue weighted by Crippen LogP contribution is 2.45. The third kappa shape index (κ3) is 2.56. The van der Waals surface area contributed by atoms with Crippen LogP contribution in [0, 0.1) is 17.8 Å². The number of benzene rings is 1. The summed E-state index contributed by atoms with van der Waals surface area (Å²) in [6.45, 7) is 4.61. The van der Waals surface area contributed by atoms with Gasteiger partial charge in [0.15, 0.2) is 0 Å².